The Hall–Kier alpha value is -2.69. The second kappa shape index (κ2) is 6.20. The molecule has 1 aromatic carbocycles. The Labute approximate surface area is 135 Å². The molecule has 0 spiro atoms. The van der Waals surface area contributed by atoms with Crippen LogP contribution >= 0.6 is 0 Å². The molecule has 118 valence electrons. The smallest absolute Gasteiger partial charge is 0.251 e. The maximum absolute atomic E-state index is 12.4. The zero-order valence-corrected chi connectivity index (χ0v) is 13.2. The van der Waals surface area contributed by atoms with Crippen molar-refractivity contribution in [1.29, 1.82) is 0 Å². The number of likely N-dealkylation sites (tertiary alicyclic amines) is 1. The van der Waals surface area contributed by atoms with E-state index < -0.39 is 6.04 Å². The first-order valence-electron chi connectivity index (χ1n) is 7.64. The van der Waals surface area contributed by atoms with Crippen molar-refractivity contribution in [3.05, 3.63) is 53.7 Å². The molecule has 2 heterocycles. The predicted octanol–water partition coefficient (Wildman–Crippen LogP) is 2.02. The molecule has 1 unspecified atom stereocenters. The van der Waals surface area contributed by atoms with Crippen LogP contribution in [0.4, 0.5) is 0 Å². The van der Waals surface area contributed by atoms with E-state index in [4.69, 9.17) is 0 Å². The molecule has 1 atom stereocenters. The maximum Gasteiger partial charge on any atom is 0.251 e. The number of hydrogen-bond donors (Lipinski definition) is 1. The van der Waals surface area contributed by atoms with Gasteiger partial charge in [-0.15, -0.1) is 0 Å². The van der Waals surface area contributed by atoms with Crippen LogP contribution in [0.3, 0.4) is 0 Å². The topological polar surface area (TPSA) is 62.3 Å². The van der Waals surface area contributed by atoms with Crippen molar-refractivity contribution >= 4 is 11.8 Å². The number of benzene rings is 1. The van der Waals surface area contributed by atoms with Crippen LogP contribution in [0.25, 0.3) is 11.3 Å². The van der Waals surface area contributed by atoms with Crippen LogP contribution in [0.5, 0.6) is 0 Å². The minimum Gasteiger partial charge on any atom is -0.344 e. The van der Waals surface area contributed by atoms with Crippen LogP contribution in [-0.2, 0) is 4.79 Å². The highest BCUT2D eigenvalue weighted by Crippen LogP contribution is 2.21. The van der Waals surface area contributed by atoms with Gasteiger partial charge < -0.3 is 10.2 Å². The molecule has 1 aliphatic heterocycles. The Morgan fingerprint density at radius 2 is 2.13 bits per heavy atom. The van der Waals surface area contributed by atoms with Gasteiger partial charge in [0.2, 0.25) is 5.91 Å². The van der Waals surface area contributed by atoms with Crippen LogP contribution in [0.15, 0.2) is 42.6 Å². The van der Waals surface area contributed by atoms with Gasteiger partial charge in [-0.05, 0) is 37.1 Å². The molecule has 1 fully saturated rings. The standard InChI is InChI=1S/C18H19N3O2/c1-12-5-4-9-19-16(12)13-6-3-7-14(11-13)17(22)20-15-8-10-21(2)18(15)23/h3-7,9,11,15H,8,10H2,1-2H3,(H,20,22). The number of carbonyl (C=O) groups is 2. The minimum absolute atomic E-state index is 0.0323. The van der Waals surface area contributed by atoms with E-state index in [2.05, 4.69) is 10.3 Å². The van der Waals surface area contributed by atoms with Crippen LogP contribution in [0.2, 0.25) is 0 Å². The third-order valence-corrected chi connectivity index (χ3v) is 4.14. The Kier molecular flexibility index (Phi) is 4.10. The first kappa shape index (κ1) is 15.2. The van der Waals surface area contributed by atoms with E-state index in [0.717, 1.165) is 16.8 Å². The number of aromatic nitrogens is 1. The molecule has 0 saturated carbocycles. The van der Waals surface area contributed by atoms with Crippen LogP contribution < -0.4 is 5.32 Å². The van der Waals surface area contributed by atoms with Crippen LogP contribution in [-0.4, -0.2) is 41.3 Å². The van der Waals surface area contributed by atoms with E-state index in [9.17, 15) is 9.59 Å². The lowest BCUT2D eigenvalue weighted by molar-refractivity contribution is -0.128. The van der Waals surface area contributed by atoms with Gasteiger partial charge in [0.1, 0.15) is 6.04 Å². The number of amides is 2. The molecule has 2 aromatic rings. The molecule has 0 aliphatic carbocycles. The van der Waals surface area contributed by atoms with E-state index in [1.807, 2.05) is 37.3 Å². The molecule has 1 N–H and O–H groups in total. The van der Waals surface area contributed by atoms with Gasteiger partial charge in [0.05, 0.1) is 5.69 Å². The number of pyridine rings is 1. The molecular weight excluding hydrogens is 290 g/mol. The number of carbonyl (C=O) groups excluding carboxylic acids is 2. The van der Waals surface area contributed by atoms with Crippen molar-refractivity contribution in [3.8, 4) is 11.3 Å². The van der Waals surface area contributed by atoms with Gasteiger partial charge >= 0.3 is 0 Å². The number of likely N-dealkylation sites (N-methyl/N-ethyl adjacent to an activating group) is 1. The first-order valence-corrected chi connectivity index (χ1v) is 7.64. The van der Waals surface area contributed by atoms with Gasteiger partial charge in [0.15, 0.2) is 0 Å². The molecule has 0 radical (unpaired) electrons. The summed E-state index contributed by atoms with van der Waals surface area (Å²) in [5.41, 5.74) is 3.34. The van der Waals surface area contributed by atoms with Crippen molar-refractivity contribution in [1.82, 2.24) is 15.2 Å². The summed E-state index contributed by atoms with van der Waals surface area (Å²) in [5, 5.41) is 2.82. The third-order valence-electron chi connectivity index (χ3n) is 4.14. The average molecular weight is 309 g/mol. The zero-order valence-electron chi connectivity index (χ0n) is 13.2. The molecule has 5 nitrogen and oxygen atoms in total. The van der Waals surface area contributed by atoms with E-state index in [1.54, 1.807) is 24.2 Å². The number of rotatable bonds is 3. The molecule has 3 rings (SSSR count). The summed E-state index contributed by atoms with van der Waals surface area (Å²) in [7, 11) is 1.75. The summed E-state index contributed by atoms with van der Waals surface area (Å²) in [5.74, 6) is -0.260. The van der Waals surface area contributed by atoms with Crippen molar-refractivity contribution in [2.24, 2.45) is 0 Å². The summed E-state index contributed by atoms with van der Waals surface area (Å²) in [6.45, 7) is 2.67. The number of nitrogens with zero attached hydrogens (tertiary/aromatic N) is 2. The second-order valence-electron chi connectivity index (χ2n) is 5.82. The number of aryl methyl sites for hydroxylation is 1. The number of nitrogens with one attached hydrogen (secondary N) is 1. The predicted molar refractivity (Wildman–Crippen MR) is 87.9 cm³/mol. The molecule has 1 aromatic heterocycles. The van der Waals surface area contributed by atoms with Gasteiger partial charge in [-0.2, -0.15) is 0 Å². The highest BCUT2D eigenvalue weighted by atomic mass is 16.2. The normalized spacial score (nSPS) is 17.4. The van der Waals surface area contributed by atoms with E-state index in [0.29, 0.717) is 18.5 Å². The fraction of sp³-hybridized carbons (Fsp3) is 0.278. The summed E-state index contributed by atoms with van der Waals surface area (Å²) < 4.78 is 0. The SMILES string of the molecule is Cc1cccnc1-c1cccc(C(=O)NC2CCN(C)C2=O)c1. The first-order chi connectivity index (χ1) is 11.1. The molecule has 1 aliphatic rings. The molecule has 0 bridgehead atoms. The van der Waals surface area contributed by atoms with Crippen molar-refractivity contribution in [2.45, 2.75) is 19.4 Å². The molecule has 2 amide bonds. The Bertz CT molecular complexity index is 757. The highest BCUT2D eigenvalue weighted by molar-refractivity contribution is 5.98. The van der Waals surface area contributed by atoms with Crippen LogP contribution in [0, 0.1) is 6.92 Å². The van der Waals surface area contributed by atoms with E-state index in [1.165, 1.54) is 0 Å². The van der Waals surface area contributed by atoms with Gasteiger partial charge in [-0.1, -0.05) is 18.2 Å². The molecular formula is C18H19N3O2. The Morgan fingerprint density at radius 1 is 1.30 bits per heavy atom. The quantitative estimate of drug-likeness (QED) is 0.943. The Morgan fingerprint density at radius 3 is 2.83 bits per heavy atom. The summed E-state index contributed by atoms with van der Waals surface area (Å²) >= 11 is 0. The van der Waals surface area contributed by atoms with Gasteiger partial charge in [0, 0.05) is 30.9 Å². The van der Waals surface area contributed by atoms with Crippen molar-refractivity contribution in [3.63, 3.8) is 0 Å². The summed E-state index contributed by atoms with van der Waals surface area (Å²) in [4.78, 5) is 30.3. The molecule has 23 heavy (non-hydrogen) atoms. The van der Waals surface area contributed by atoms with Crippen molar-refractivity contribution < 1.29 is 9.59 Å². The fourth-order valence-electron chi connectivity index (χ4n) is 2.79. The zero-order chi connectivity index (χ0) is 16.4. The lowest BCUT2D eigenvalue weighted by Crippen LogP contribution is -2.40. The van der Waals surface area contributed by atoms with E-state index >= 15 is 0 Å². The van der Waals surface area contributed by atoms with Gasteiger partial charge in [0.25, 0.3) is 5.91 Å². The largest absolute Gasteiger partial charge is 0.344 e. The highest BCUT2D eigenvalue weighted by Gasteiger charge is 2.30. The lowest BCUT2D eigenvalue weighted by atomic mass is 10.0. The fourth-order valence-corrected chi connectivity index (χ4v) is 2.79. The lowest BCUT2D eigenvalue weighted by Gasteiger charge is -2.13. The van der Waals surface area contributed by atoms with E-state index in [-0.39, 0.29) is 11.8 Å². The summed E-state index contributed by atoms with van der Waals surface area (Å²) in [6.07, 6.45) is 2.39. The monoisotopic (exact) mass is 309 g/mol. The molecule has 5 heteroatoms. The molecule has 1 saturated heterocycles. The van der Waals surface area contributed by atoms with Crippen LogP contribution in [0.1, 0.15) is 22.3 Å². The van der Waals surface area contributed by atoms with Gasteiger partial charge in [-0.25, -0.2) is 0 Å². The number of hydrogen-bond acceptors (Lipinski definition) is 3. The maximum atomic E-state index is 12.4. The minimum atomic E-state index is -0.423. The average Bonchev–Trinajstić information content (AvgIpc) is 2.87. The Balaban J connectivity index is 1.81. The van der Waals surface area contributed by atoms with Crippen molar-refractivity contribution in [2.75, 3.05) is 13.6 Å². The summed E-state index contributed by atoms with van der Waals surface area (Å²) in [6, 6.07) is 10.8. The second-order valence-corrected chi connectivity index (χ2v) is 5.82. The van der Waals surface area contributed by atoms with Gasteiger partial charge in [-0.3, -0.25) is 14.6 Å². The third kappa shape index (κ3) is 3.08.